The van der Waals surface area contributed by atoms with Gasteiger partial charge in [0.2, 0.25) is 5.91 Å². The Balaban J connectivity index is 2.10. The zero-order valence-corrected chi connectivity index (χ0v) is 14.1. The van der Waals surface area contributed by atoms with Gasteiger partial charge < -0.3 is 5.32 Å². The SMILES string of the molecule is CC(C)c1ccccc1NC(=O)[C@H](C)Sc1cc(F)ccc1F. The Labute approximate surface area is 139 Å². The van der Waals surface area contributed by atoms with E-state index in [1.54, 1.807) is 6.92 Å². The molecule has 2 rings (SSSR count). The number of thioether (sulfide) groups is 1. The van der Waals surface area contributed by atoms with Crippen molar-refractivity contribution in [2.45, 2.75) is 36.8 Å². The fourth-order valence-electron chi connectivity index (χ4n) is 2.16. The second-order valence-corrected chi connectivity index (χ2v) is 6.95. The second-order valence-electron chi connectivity index (χ2n) is 5.57. The highest BCUT2D eigenvalue weighted by Gasteiger charge is 2.18. The minimum Gasteiger partial charge on any atom is -0.325 e. The van der Waals surface area contributed by atoms with Crippen molar-refractivity contribution in [3.05, 3.63) is 59.7 Å². The molecule has 0 fully saturated rings. The first kappa shape index (κ1) is 17.5. The number of para-hydroxylation sites is 1. The lowest BCUT2D eigenvalue weighted by molar-refractivity contribution is -0.115. The van der Waals surface area contributed by atoms with E-state index in [9.17, 15) is 13.6 Å². The van der Waals surface area contributed by atoms with Crippen molar-refractivity contribution in [3.63, 3.8) is 0 Å². The van der Waals surface area contributed by atoms with Crippen LogP contribution in [0.1, 0.15) is 32.3 Å². The number of hydrogen-bond donors (Lipinski definition) is 1. The number of benzene rings is 2. The van der Waals surface area contributed by atoms with E-state index in [4.69, 9.17) is 0 Å². The lowest BCUT2D eigenvalue weighted by atomic mass is 10.0. The van der Waals surface area contributed by atoms with E-state index in [0.29, 0.717) is 0 Å². The Kier molecular flexibility index (Phi) is 5.77. The monoisotopic (exact) mass is 335 g/mol. The molecule has 0 saturated carbocycles. The summed E-state index contributed by atoms with van der Waals surface area (Å²) in [4.78, 5) is 12.5. The number of amides is 1. The van der Waals surface area contributed by atoms with Gasteiger partial charge in [-0.3, -0.25) is 4.79 Å². The van der Waals surface area contributed by atoms with Crippen LogP contribution in [0.2, 0.25) is 0 Å². The van der Waals surface area contributed by atoms with Crippen molar-refractivity contribution in [1.82, 2.24) is 0 Å². The Morgan fingerprint density at radius 3 is 2.48 bits per heavy atom. The minimum absolute atomic E-state index is 0.129. The van der Waals surface area contributed by atoms with E-state index >= 15 is 0 Å². The van der Waals surface area contributed by atoms with Gasteiger partial charge >= 0.3 is 0 Å². The van der Waals surface area contributed by atoms with E-state index < -0.39 is 16.9 Å². The minimum atomic E-state index is -0.550. The highest BCUT2D eigenvalue weighted by Crippen LogP contribution is 2.29. The molecule has 2 aromatic rings. The quantitative estimate of drug-likeness (QED) is 0.760. The van der Waals surface area contributed by atoms with E-state index in [2.05, 4.69) is 5.32 Å². The number of hydrogen-bond acceptors (Lipinski definition) is 2. The summed E-state index contributed by atoms with van der Waals surface area (Å²) in [7, 11) is 0. The molecule has 0 aliphatic heterocycles. The fraction of sp³-hybridized carbons (Fsp3) is 0.278. The van der Waals surface area contributed by atoms with E-state index in [1.807, 2.05) is 38.1 Å². The summed E-state index contributed by atoms with van der Waals surface area (Å²) in [6.07, 6.45) is 0. The van der Waals surface area contributed by atoms with E-state index in [0.717, 1.165) is 41.2 Å². The summed E-state index contributed by atoms with van der Waals surface area (Å²) in [6, 6.07) is 10.8. The molecule has 2 aromatic carbocycles. The molecule has 0 bridgehead atoms. The molecule has 0 unspecified atom stereocenters. The van der Waals surface area contributed by atoms with Crippen molar-refractivity contribution >= 4 is 23.4 Å². The molecule has 1 atom stereocenters. The first-order valence-corrected chi connectivity index (χ1v) is 8.28. The highest BCUT2D eigenvalue weighted by atomic mass is 32.2. The fourth-order valence-corrected chi connectivity index (χ4v) is 3.07. The number of carbonyl (C=O) groups is 1. The molecule has 122 valence electrons. The molecule has 1 amide bonds. The van der Waals surface area contributed by atoms with Crippen LogP contribution in [0.15, 0.2) is 47.4 Å². The van der Waals surface area contributed by atoms with Crippen molar-refractivity contribution in [1.29, 1.82) is 0 Å². The third-order valence-corrected chi connectivity index (χ3v) is 4.54. The molecule has 0 heterocycles. The molecule has 0 aromatic heterocycles. The standard InChI is InChI=1S/C18H19F2NOS/c1-11(2)14-6-4-5-7-16(14)21-18(22)12(3)23-17-10-13(19)8-9-15(17)20/h4-12H,1-3H3,(H,21,22)/t12-/m0/s1. The summed E-state index contributed by atoms with van der Waals surface area (Å²) >= 11 is 0.999. The highest BCUT2D eigenvalue weighted by molar-refractivity contribution is 8.00. The maximum absolute atomic E-state index is 13.7. The normalized spacial score (nSPS) is 12.3. The summed E-state index contributed by atoms with van der Waals surface area (Å²) in [6.45, 7) is 5.76. The Bertz CT molecular complexity index is 703. The molecule has 1 N–H and O–H groups in total. The molecular formula is C18H19F2NOS. The van der Waals surface area contributed by atoms with Crippen LogP contribution in [-0.4, -0.2) is 11.2 Å². The average molecular weight is 335 g/mol. The topological polar surface area (TPSA) is 29.1 Å². The van der Waals surface area contributed by atoms with Gasteiger partial charge in [-0.2, -0.15) is 0 Å². The lowest BCUT2D eigenvalue weighted by Gasteiger charge is -2.16. The first-order valence-electron chi connectivity index (χ1n) is 7.40. The van der Waals surface area contributed by atoms with E-state index in [1.165, 1.54) is 0 Å². The molecule has 0 aliphatic carbocycles. The average Bonchev–Trinajstić information content (AvgIpc) is 2.51. The zero-order valence-electron chi connectivity index (χ0n) is 13.3. The summed E-state index contributed by atoms with van der Waals surface area (Å²) in [5.41, 5.74) is 1.79. The van der Waals surface area contributed by atoms with Gasteiger partial charge in [0.1, 0.15) is 11.6 Å². The third kappa shape index (κ3) is 4.55. The number of rotatable bonds is 5. The largest absolute Gasteiger partial charge is 0.325 e. The Hall–Kier alpha value is -1.88. The predicted molar refractivity (Wildman–Crippen MR) is 90.8 cm³/mol. The van der Waals surface area contributed by atoms with Crippen molar-refractivity contribution in [3.8, 4) is 0 Å². The first-order chi connectivity index (χ1) is 10.9. The number of halogens is 2. The second kappa shape index (κ2) is 7.59. The maximum Gasteiger partial charge on any atom is 0.237 e. The molecule has 23 heavy (non-hydrogen) atoms. The summed E-state index contributed by atoms with van der Waals surface area (Å²) in [5.74, 6) is -1.02. The van der Waals surface area contributed by atoms with Crippen molar-refractivity contribution in [2.24, 2.45) is 0 Å². The van der Waals surface area contributed by atoms with Gasteiger partial charge in [-0.05, 0) is 42.7 Å². The summed E-state index contributed by atoms with van der Waals surface area (Å²) < 4.78 is 26.9. The van der Waals surface area contributed by atoms with Gasteiger partial charge in [-0.1, -0.05) is 32.0 Å². The van der Waals surface area contributed by atoms with Crippen LogP contribution < -0.4 is 5.32 Å². The van der Waals surface area contributed by atoms with Gasteiger partial charge in [0.15, 0.2) is 0 Å². The molecule has 0 aliphatic rings. The number of anilines is 1. The van der Waals surface area contributed by atoms with Gasteiger partial charge in [0.25, 0.3) is 0 Å². The van der Waals surface area contributed by atoms with Gasteiger partial charge in [0, 0.05) is 10.6 Å². The Morgan fingerprint density at radius 2 is 1.78 bits per heavy atom. The Morgan fingerprint density at radius 1 is 1.09 bits per heavy atom. The van der Waals surface area contributed by atoms with Crippen LogP contribution >= 0.6 is 11.8 Å². The molecule has 0 saturated heterocycles. The molecule has 5 heteroatoms. The van der Waals surface area contributed by atoms with Crippen LogP contribution in [0.3, 0.4) is 0 Å². The lowest BCUT2D eigenvalue weighted by Crippen LogP contribution is -2.23. The zero-order chi connectivity index (χ0) is 17.0. The van der Waals surface area contributed by atoms with Gasteiger partial charge in [0.05, 0.1) is 5.25 Å². The molecule has 0 spiro atoms. The smallest absolute Gasteiger partial charge is 0.237 e. The van der Waals surface area contributed by atoms with E-state index in [-0.39, 0.29) is 16.7 Å². The van der Waals surface area contributed by atoms with Crippen molar-refractivity contribution in [2.75, 3.05) is 5.32 Å². The van der Waals surface area contributed by atoms with Crippen LogP contribution in [0.25, 0.3) is 0 Å². The van der Waals surface area contributed by atoms with Gasteiger partial charge in [-0.15, -0.1) is 11.8 Å². The van der Waals surface area contributed by atoms with Crippen LogP contribution in [0, 0.1) is 11.6 Å². The van der Waals surface area contributed by atoms with Gasteiger partial charge in [-0.25, -0.2) is 8.78 Å². The van der Waals surface area contributed by atoms with Crippen LogP contribution in [-0.2, 0) is 4.79 Å². The molecule has 2 nitrogen and oxygen atoms in total. The molecule has 0 radical (unpaired) electrons. The number of carbonyl (C=O) groups excluding carboxylic acids is 1. The summed E-state index contributed by atoms with van der Waals surface area (Å²) in [5, 5.41) is 2.32. The third-order valence-electron chi connectivity index (χ3n) is 3.41. The number of nitrogens with one attached hydrogen (secondary N) is 1. The van der Waals surface area contributed by atoms with Crippen molar-refractivity contribution < 1.29 is 13.6 Å². The van der Waals surface area contributed by atoms with Crippen LogP contribution in [0.5, 0.6) is 0 Å². The van der Waals surface area contributed by atoms with Crippen LogP contribution in [0.4, 0.5) is 14.5 Å². The molecular weight excluding hydrogens is 316 g/mol. The predicted octanol–water partition coefficient (Wildman–Crippen LogP) is 5.21. The maximum atomic E-state index is 13.7.